The summed E-state index contributed by atoms with van der Waals surface area (Å²) in [5, 5.41) is 3.34. The van der Waals surface area contributed by atoms with Crippen molar-refractivity contribution in [3.63, 3.8) is 0 Å². The molecule has 0 amide bonds. The fraction of sp³-hybridized carbons (Fsp3) is 0.278. The van der Waals surface area contributed by atoms with Crippen molar-refractivity contribution in [1.29, 1.82) is 0 Å². The Bertz CT molecular complexity index is 651. The molecular formula is C18H19NO2. The van der Waals surface area contributed by atoms with Crippen LogP contribution in [0, 0.1) is 0 Å². The molecule has 0 radical (unpaired) electrons. The molecule has 1 N–H and O–H groups in total. The lowest BCUT2D eigenvalue weighted by Gasteiger charge is -2.26. The van der Waals surface area contributed by atoms with E-state index in [-0.39, 0.29) is 11.8 Å². The van der Waals surface area contributed by atoms with Gasteiger partial charge in [0.15, 0.2) is 5.78 Å². The number of ketones is 1. The fourth-order valence-corrected chi connectivity index (χ4v) is 2.88. The third-order valence-corrected chi connectivity index (χ3v) is 3.94. The van der Waals surface area contributed by atoms with Gasteiger partial charge in [0.1, 0.15) is 5.75 Å². The molecule has 1 aliphatic rings. The van der Waals surface area contributed by atoms with E-state index in [1.807, 2.05) is 36.4 Å². The highest BCUT2D eigenvalue weighted by molar-refractivity contribution is 5.88. The van der Waals surface area contributed by atoms with Gasteiger partial charge in [0.05, 0.1) is 13.2 Å². The summed E-state index contributed by atoms with van der Waals surface area (Å²) in [5.74, 6) is 0.993. The van der Waals surface area contributed by atoms with Gasteiger partial charge in [0, 0.05) is 13.0 Å². The number of carbonyl (C=O) groups excluding carboxylic acids is 1. The van der Waals surface area contributed by atoms with Gasteiger partial charge >= 0.3 is 0 Å². The first-order valence-electron chi connectivity index (χ1n) is 7.25. The van der Waals surface area contributed by atoms with Crippen LogP contribution in [0.2, 0.25) is 0 Å². The van der Waals surface area contributed by atoms with Gasteiger partial charge < -0.3 is 10.1 Å². The van der Waals surface area contributed by atoms with Gasteiger partial charge in [-0.2, -0.15) is 0 Å². The van der Waals surface area contributed by atoms with Crippen molar-refractivity contribution >= 4 is 5.78 Å². The standard InChI is InChI=1S/C18H19NO2/c1-21-15-7-4-5-13(11-15)12-17(20)18-16-8-3-2-6-14(16)9-10-19-18/h2-8,11,18-19H,9-10,12H2,1H3. The van der Waals surface area contributed by atoms with E-state index in [9.17, 15) is 4.79 Å². The highest BCUT2D eigenvalue weighted by Gasteiger charge is 2.25. The fourth-order valence-electron chi connectivity index (χ4n) is 2.88. The number of carbonyl (C=O) groups is 1. The van der Waals surface area contributed by atoms with Gasteiger partial charge in [-0.15, -0.1) is 0 Å². The third kappa shape index (κ3) is 2.98. The molecule has 0 fully saturated rings. The van der Waals surface area contributed by atoms with Crippen molar-refractivity contribution in [2.45, 2.75) is 18.9 Å². The Kier molecular flexibility index (Phi) is 4.02. The smallest absolute Gasteiger partial charge is 0.158 e. The van der Waals surface area contributed by atoms with E-state index in [1.165, 1.54) is 5.56 Å². The number of ether oxygens (including phenoxy) is 1. The van der Waals surface area contributed by atoms with Crippen LogP contribution in [-0.4, -0.2) is 19.4 Å². The van der Waals surface area contributed by atoms with Gasteiger partial charge in [0.2, 0.25) is 0 Å². The minimum absolute atomic E-state index is 0.193. The quantitative estimate of drug-likeness (QED) is 0.936. The van der Waals surface area contributed by atoms with Gasteiger partial charge in [0.25, 0.3) is 0 Å². The molecule has 21 heavy (non-hydrogen) atoms. The van der Waals surface area contributed by atoms with Crippen LogP contribution in [-0.2, 0) is 17.6 Å². The molecule has 0 aromatic heterocycles. The number of Topliss-reactive ketones (excluding diaryl/α,β-unsaturated/α-hetero) is 1. The second-order valence-corrected chi connectivity index (χ2v) is 5.33. The van der Waals surface area contributed by atoms with Crippen LogP contribution in [0.5, 0.6) is 5.75 Å². The second kappa shape index (κ2) is 6.10. The number of methoxy groups -OCH3 is 1. The molecular weight excluding hydrogens is 262 g/mol. The first-order chi connectivity index (χ1) is 10.3. The molecule has 1 atom stereocenters. The van der Waals surface area contributed by atoms with Gasteiger partial charge in [-0.3, -0.25) is 4.79 Å². The van der Waals surface area contributed by atoms with Crippen LogP contribution in [0.15, 0.2) is 48.5 Å². The van der Waals surface area contributed by atoms with E-state index in [4.69, 9.17) is 4.74 Å². The lowest BCUT2D eigenvalue weighted by atomic mass is 9.90. The highest BCUT2D eigenvalue weighted by atomic mass is 16.5. The largest absolute Gasteiger partial charge is 0.497 e. The summed E-state index contributed by atoms with van der Waals surface area (Å²) in [6, 6.07) is 15.7. The van der Waals surface area contributed by atoms with E-state index in [0.29, 0.717) is 6.42 Å². The van der Waals surface area contributed by atoms with Crippen molar-refractivity contribution in [2.75, 3.05) is 13.7 Å². The third-order valence-electron chi connectivity index (χ3n) is 3.94. The first-order valence-corrected chi connectivity index (χ1v) is 7.25. The molecule has 0 aliphatic carbocycles. The summed E-state index contributed by atoms with van der Waals surface area (Å²) in [5.41, 5.74) is 3.39. The SMILES string of the molecule is COc1cccc(CC(=O)C2NCCc3ccccc32)c1. The summed E-state index contributed by atoms with van der Waals surface area (Å²) in [6.45, 7) is 0.853. The van der Waals surface area contributed by atoms with Gasteiger partial charge in [-0.1, -0.05) is 36.4 Å². The zero-order valence-corrected chi connectivity index (χ0v) is 12.1. The molecule has 0 spiro atoms. The van der Waals surface area contributed by atoms with E-state index < -0.39 is 0 Å². The number of fused-ring (bicyclic) bond motifs is 1. The van der Waals surface area contributed by atoms with Crippen LogP contribution < -0.4 is 10.1 Å². The summed E-state index contributed by atoms with van der Waals surface area (Å²) < 4.78 is 5.21. The molecule has 108 valence electrons. The second-order valence-electron chi connectivity index (χ2n) is 5.33. The molecule has 2 aromatic rings. The normalized spacial score (nSPS) is 17.1. The molecule has 0 saturated heterocycles. The molecule has 0 saturated carbocycles. The lowest BCUT2D eigenvalue weighted by Crippen LogP contribution is -2.35. The van der Waals surface area contributed by atoms with Gasteiger partial charge in [-0.05, 0) is 35.2 Å². The Morgan fingerprint density at radius 3 is 2.95 bits per heavy atom. The summed E-state index contributed by atoms with van der Waals surface area (Å²) in [7, 11) is 1.64. The predicted octanol–water partition coefficient (Wildman–Crippen LogP) is 2.69. The van der Waals surface area contributed by atoms with Crippen molar-refractivity contribution in [1.82, 2.24) is 5.32 Å². The van der Waals surface area contributed by atoms with E-state index in [2.05, 4.69) is 17.4 Å². The Hall–Kier alpha value is -2.13. The van der Waals surface area contributed by atoms with E-state index in [1.54, 1.807) is 7.11 Å². The summed E-state index contributed by atoms with van der Waals surface area (Å²) in [4.78, 5) is 12.6. The topological polar surface area (TPSA) is 38.3 Å². The number of benzene rings is 2. The molecule has 1 aliphatic heterocycles. The van der Waals surface area contributed by atoms with Crippen LogP contribution in [0.4, 0.5) is 0 Å². The minimum Gasteiger partial charge on any atom is -0.497 e. The first kappa shape index (κ1) is 13.8. The molecule has 3 nitrogen and oxygen atoms in total. The molecule has 0 bridgehead atoms. The molecule has 1 unspecified atom stereocenters. The summed E-state index contributed by atoms with van der Waals surface area (Å²) in [6.07, 6.45) is 1.41. The number of hydrogen-bond acceptors (Lipinski definition) is 3. The number of nitrogens with one attached hydrogen (secondary N) is 1. The van der Waals surface area contributed by atoms with Crippen molar-refractivity contribution < 1.29 is 9.53 Å². The zero-order chi connectivity index (χ0) is 14.7. The minimum atomic E-state index is -0.193. The van der Waals surface area contributed by atoms with Crippen LogP contribution in [0.25, 0.3) is 0 Å². The number of hydrogen-bond donors (Lipinski definition) is 1. The van der Waals surface area contributed by atoms with Crippen LogP contribution in [0.1, 0.15) is 22.7 Å². The zero-order valence-electron chi connectivity index (χ0n) is 12.1. The number of rotatable bonds is 4. The Balaban J connectivity index is 1.80. The molecule has 1 heterocycles. The van der Waals surface area contributed by atoms with E-state index >= 15 is 0 Å². The molecule has 3 rings (SSSR count). The average Bonchev–Trinajstić information content (AvgIpc) is 2.54. The van der Waals surface area contributed by atoms with Crippen molar-refractivity contribution in [3.05, 3.63) is 65.2 Å². The Morgan fingerprint density at radius 2 is 2.10 bits per heavy atom. The van der Waals surface area contributed by atoms with Crippen molar-refractivity contribution in [2.24, 2.45) is 0 Å². The Morgan fingerprint density at radius 1 is 1.24 bits per heavy atom. The molecule has 2 aromatic carbocycles. The van der Waals surface area contributed by atoms with Crippen LogP contribution >= 0.6 is 0 Å². The van der Waals surface area contributed by atoms with Crippen molar-refractivity contribution in [3.8, 4) is 5.75 Å². The highest BCUT2D eigenvalue weighted by Crippen LogP contribution is 2.25. The Labute approximate surface area is 124 Å². The maximum atomic E-state index is 12.6. The maximum Gasteiger partial charge on any atom is 0.158 e. The van der Waals surface area contributed by atoms with Crippen LogP contribution in [0.3, 0.4) is 0 Å². The molecule has 3 heteroatoms. The van der Waals surface area contributed by atoms with Gasteiger partial charge in [-0.25, -0.2) is 0 Å². The summed E-state index contributed by atoms with van der Waals surface area (Å²) >= 11 is 0. The monoisotopic (exact) mass is 281 g/mol. The average molecular weight is 281 g/mol. The van der Waals surface area contributed by atoms with E-state index in [0.717, 1.165) is 29.8 Å². The maximum absolute atomic E-state index is 12.6. The predicted molar refractivity (Wildman–Crippen MR) is 82.6 cm³/mol. The lowest BCUT2D eigenvalue weighted by molar-refractivity contribution is -0.120.